The van der Waals surface area contributed by atoms with Crippen molar-refractivity contribution in [3.05, 3.63) is 24.3 Å². The van der Waals surface area contributed by atoms with Gasteiger partial charge >= 0.3 is 0 Å². The van der Waals surface area contributed by atoms with Crippen molar-refractivity contribution in [2.24, 2.45) is 0 Å². The second-order valence-electron chi connectivity index (χ2n) is 1.40. The third-order valence-electron chi connectivity index (χ3n) is 0.916. The summed E-state index contributed by atoms with van der Waals surface area (Å²) in [5, 5.41) is 8.16. The molecule has 0 aromatic carbocycles. The molecule has 0 saturated heterocycles. The van der Waals surface area contributed by atoms with E-state index < -0.39 is 0 Å². The van der Waals surface area contributed by atoms with Gasteiger partial charge in [0.25, 0.3) is 0 Å². The molecule has 0 fully saturated rings. The van der Waals surface area contributed by atoms with Crippen LogP contribution in [0.25, 0.3) is 0 Å². The molecule has 0 aromatic heterocycles. The number of hydrogen-bond acceptors (Lipinski definition) is 1. The maximum Gasteiger partial charge on any atom is 0.0669 e. The zero-order chi connectivity index (χ0) is 6.41. The highest BCUT2D eigenvalue weighted by Crippen LogP contribution is 1.98. The largest absolute Gasteiger partial charge is 0.198 e. The van der Waals surface area contributed by atoms with E-state index >= 15 is 0 Å². The second kappa shape index (κ2) is 4.14. The van der Waals surface area contributed by atoms with E-state index in [0.717, 1.165) is 5.57 Å². The normalized spacial score (nSPS) is 10.2. The number of nitrogens with zero attached hydrogens (tertiary/aromatic N) is 1. The summed E-state index contributed by atoms with van der Waals surface area (Å²) in [6.07, 6.45) is 4.06. The molecule has 0 radical (unpaired) electrons. The molecular formula is C7H9N. The van der Waals surface area contributed by atoms with Gasteiger partial charge < -0.3 is 0 Å². The second-order valence-corrected chi connectivity index (χ2v) is 1.40. The molecule has 0 atom stereocenters. The van der Waals surface area contributed by atoms with Gasteiger partial charge in [-0.3, -0.25) is 0 Å². The van der Waals surface area contributed by atoms with E-state index in [4.69, 9.17) is 5.26 Å². The zero-order valence-electron chi connectivity index (χ0n) is 5.02. The minimum atomic E-state index is 0.472. The van der Waals surface area contributed by atoms with Gasteiger partial charge in [-0.1, -0.05) is 18.7 Å². The highest BCUT2D eigenvalue weighted by Gasteiger charge is 1.83. The van der Waals surface area contributed by atoms with Crippen molar-refractivity contribution in [1.82, 2.24) is 0 Å². The Labute approximate surface area is 49.9 Å². The lowest BCUT2D eigenvalue weighted by Gasteiger charge is -1.86. The molecule has 0 aromatic rings. The summed E-state index contributed by atoms with van der Waals surface area (Å²) in [6, 6.07) is 2.03. The van der Waals surface area contributed by atoms with E-state index in [9.17, 15) is 0 Å². The summed E-state index contributed by atoms with van der Waals surface area (Å²) in [5.74, 6) is 0. The molecule has 0 bridgehead atoms. The first-order valence-corrected chi connectivity index (χ1v) is 2.49. The van der Waals surface area contributed by atoms with Crippen molar-refractivity contribution >= 4 is 0 Å². The van der Waals surface area contributed by atoms with Crippen LogP contribution in [0.15, 0.2) is 24.3 Å². The molecule has 0 rings (SSSR count). The van der Waals surface area contributed by atoms with Gasteiger partial charge in [-0.2, -0.15) is 5.26 Å². The quantitative estimate of drug-likeness (QED) is 0.495. The Balaban J connectivity index is 3.77. The van der Waals surface area contributed by atoms with Crippen molar-refractivity contribution < 1.29 is 0 Å². The Morgan fingerprint density at radius 3 is 2.62 bits per heavy atom. The van der Waals surface area contributed by atoms with Crippen LogP contribution >= 0.6 is 0 Å². The molecule has 0 N–H and O–H groups in total. The van der Waals surface area contributed by atoms with E-state index in [1.807, 2.05) is 19.1 Å². The summed E-state index contributed by atoms with van der Waals surface area (Å²) in [5.41, 5.74) is 0.993. The van der Waals surface area contributed by atoms with Gasteiger partial charge in [0.15, 0.2) is 0 Å². The highest BCUT2D eigenvalue weighted by atomic mass is 14.2. The Morgan fingerprint density at radius 1 is 1.88 bits per heavy atom. The molecule has 0 saturated carbocycles. The fourth-order valence-corrected chi connectivity index (χ4v) is 0.383. The number of rotatable bonds is 2. The topological polar surface area (TPSA) is 23.8 Å². The molecule has 0 aliphatic heterocycles. The maximum absolute atomic E-state index is 8.16. The van der Waals surface area contributed by atoms with Gasteiger partial charge in [0.2, 0.25) is 0 Å². The van der Waals surface area contributed by atoms with Crippen molar-refractivity contribution in [1.29, 1.82) is 5.26 Å². The van der Waals surface area contributed by atoms with Crippen LogP contribution in [0.4, 0.5) is 0 Å². The molecule has 0 aliphatic rings. The van der Waals surface area contributed by atoms with E-state index in [-0.39, 0.29) is 0 Å². The zero-order valence-corrected chi connectivity index (χ0v) is 5.02. The fraction of sp³-hybridized carbons (Fsp3) is 0.286. The van der Waals surface area contributed by atoms with Crippen molar-refractivity contribution in [3.8, 4) is 6.07 Å². The third kappa shape index (κ3) is 2.20. The van der Waals surface area contributed by atoms with Crippen LogP contribution in [0.1, 0.15) is 13.3 Å². The fourth-order valence-electron chi connectivity index (χ4n) is 0.383. The maximum atomic E-state index is 8.16. The molecule has 0 heterocycles. The molecule has 8 heavy (non-hydrogen) atoms. The lowest BCUT2D eigenvalue weighted by Crippen LogP contribution is -1.70. The highest BCUT2D eigenvalue weighted by molar-refractivity contribution is 5.18. The Morgan fingerprint density at radius 2 is 2.50 bits per heavy atom. The van der Waals surface area contributed by atoms with Gasteiger partial charge in [0.05, 0.1) is 12.5 Å². The minimum Gasteiger partial charge on any atom is -0.198 e. The number of nitriles is 1. The molecule has 0 unspecified atom stereocenters. The van der Waals surface area contributed by atoms with Crippen LogP contribution in [0.2, 0.25) is 0 Å². The van der Waals surface area contributed by atoms with Gasteiger partial charge in [-0.05, 0) is 12.5 Å². The minimum absolute atomic E-state index is 0.472. The molecule has 42 valence electrons. The van der Waals surface area contributed by atoms with E-state index in [1.54, 1.807) is 6.08 Å². The van der Waals surface area contributed by atoms with E-state index in [0.29, 0.717) is 6.42 Å². The standard InChI is InChI=1S/C7H9N/c1-3-7(4-2)5-6-8/h3-4H,1,5H2,2H3/b7-4+. The lowest BCUT2D eigenvalue weighted by molar-refractivity contribution is 1.27. The summed E-state index contributed by atoms with van der Waals surface area (Å²) < 4.78 is 0. The predicted octanol–water partition coefficient (Wildman–Crippen LogP) is 2.03. The van der Waals surface area contributed by atoms with Gasteiger partial charge in [-0.15, -0.1) is 0 Å². The van der Waals surface area contributed by atoms with Crippen LogP contribution in [-0.4, -0.2) is 0 Å². The van der Waals surface area contributed by atoms with Crippen molar-refractivity contribution in [2.75, 3.05) is 0 Å². The summed E-state index contributed by atoms with van der Waals surface area (Å²) in [7, 11) is 0. The summed E-state index contributed by atoms with van der Waals surface area (Å²) in [6.45, 7) is 5.43. The first kappa shape index (κ1) is 6.97. The first-order chi connectivity index (χ1) is 3.85. The number of hydrogen-bond donors (Lipinski definition) is 0. The lowest BCUT2D eigenvalue weighted by atomic mass is 10.2. The van der Waals surface area contributed by atoms with Crippen LogP contribution in [0.3, 0.4) is 0 Å². The first-order valence-electron chi connectivity index (χ1n) is 2.49. The van der Waals surface area contributed by atoms with Gasteiger partial charge in [0.1, 0.15) is 0 Å². The van der Waals surface area contributed by atoms with Gasteiger partial charge in [0, 0.05) is 0 Å². The van der Waals surface area contributed by atoms with E-state index in [2.05, 4.69) is 6.58 Å². The summed E-state index contributed by atoms with van der Waals surface area (Å²) >= 11 is 0. The summed E-state index contributed by atoms with van der Waals surface area (Å²) in [4.78, 5) is 0. The molecule has 0 amide bonds. The van der Waals surface area contributed by atoms with Crippen LogP contribution in [0.5, 0.6) is 0 Å². The Hall–Kier alpha value is -1.03. The van der Waals surface area contributed by atoms with Crippen LogP contribution in [0, 0.1) is 11.3 Å². The molecule has 1 heteroatoms. The molecule has 1 nitrogen and oxygen atoms in total. The van der Waals surface area contributed by atoms with Crippen molar-refractivity contribution in [2.45, 2.75) is 13.3 Å². The Kier molecular flexibility index (Phi) is 3.60. The van der Waals surface area contributed by atoms with Gasteiger partial charge in [-0.25, -0.2) is 0 Å². The predicted molar refractivity (Wildman–Crippen MR) is 34.2 cm³/mol. The molecule has 0 aliphatic carbocycles. The smallest absolute Gasteiger partial charge is 0.0669 e. The van der Waals surface area contributed by atoms with Crippen LogP contribution < -0.4 is 0 Å². The average Bonchev–Trinajstić information content (AvgIpc) is 1.83. The average molecular weight is 107 g/mol. The monoisotopic (exact) mass is 107 g/mol. The van der Waals surface area contributed by atoms with Crippen LogP contribution in [-0.2, 0) is 0 Å². The van der Waals surface area contributed by atoms with Crippen molar-refractivity contribution in [3.63, 3.8) is 0 Å². The Bertz CT molecular complexity index is 137. The van der Waals surface area contributed by atoms with E-state index in [1.165, 1.54) is 0 Å². The third-order valence-corrected chi connectivity index (χ3v) is 0.916. The number of allylic oxidation sites excluding steroid dienone is 3. The molecule has 0 spiro atoms. The molecular weight excluding hydrogens is 98.1 g/mol. The SMILES string of the molecule is C=C/C(=C\C)CC#N.